The molecule has 1 N–H and O–H groups in total. The molecule has 242 valence electrons. The normalized spacial score (nSPS) is 12.1. The van der Waals surface area contributed by atoms with Gasteiger partial charge < -0.3 is 10.2 Å². The molecule has 0 radical (unpaired) electrons. The zero-order chi connectivity index (χ0) is 33.4. The predicted molar refractivity (Wildman–Crippen MR) is 186 cm³/mol. The highest BCUT2D eigenvalue weighted by atomic mass is 35.5. The molecule has 0 spiro atoms. The van der Waals surface area contributed by atoms with E-state index in [2.05, 4.69) is 5.32 Å². The lowest BCUT2D eigenvalue weighted by Crippen LogP contribution is -2.53. The van der Waals surface area contributed by atoms with Crippen LogP contribution in [0.15, 0.2) is 102 Å². The van der Waals surface area contributed by atoms with Gasteiger partial charge >= 0.3 is 0 Å². The van der Waals surface area contributed by atoms with E-state index in [1.807, 2.05) is 51.1 Å². The van der Waals surface area contributed by atoms with Gasteiger partial charge in [-0.1, -0.05) is 109 Å². The number of halogens is 3. The maximum absolute atomic E-state index is 14.5. The molecule has 0 aromatic heterocycles. The molecular formula is C35H36Cl3N3O4S. The molecule has 46 heavy (non-hydrogen) atoms. The first-order valence-corrected chi connectivity index (χ1v) is 17.3. The van der Waals surface area contributed by atoms with Crippen molar-refractivity contribution in [1.82, 2.24) is 10.2 Å². The first kappa shape index (κ1) is 35.3. The second-order valence-corrected chi connectivity index (χ2v) is 14.6. The predicted octanol–water partition coefficient (Wildman–Crippen LogP) is 7.56. The van der Waals surface area contributed by atoms with E-state index in [1.54, 1.807) is 36.4 Å². The zero-order valence-corrected chi connectivity index (χ0v) is 28.9. The van der Waals surface area contributed by atoms with E-state index >= 15 is 0 Å². The highest BCUT2D eigenvalue weighted by molar-refractivity contribution is 7.92. The lowest BCUT2D eigenvalue weighted by molar-refractivity contribution is -0.140. The molecule has 1 atom stereocenters. The Hall–Kier alpha value is -3.56. The second-order valence-electron chi connectivity index (χ2n) is 11.4. The maximum Gasteiger partial charge on any atom is 0.264 e. The van der Waals surface area contributed by atoms with Gasteiger partial charge in [-0.3, -0.25) is 13.9 Å². The Kier molecular flexibility index (Phi) is 12.1. The fourth-order valence-corrected chi connectivity index (χ4v) is 6.91. The van der Waals surface area contributed by atoms with Crippen LogP contribution in [0.2, 0.25) is 15.1 Å². The summed E-state index contributed by atoms with van der Waals surface area (Å²) in [5.74, 6) is -0.812. The number of benzene rings is 4. The Balaban J connectivity index is 1.83. The van der Waals surface area contributed by atoms with Crippen molar-refractivity contribution in [3.8, 4) is 0 Å². The summed E-state index contributed by atoms with van der Waals surface area (Å²) in [5, 5.41) is 3.76. The monoisotopic (exact) mass is 699 g/mol. The van der Waals surface area contributed by atoms with E-state index in [0.29, 0.717) is 17.1 Å². The molecule has 2 amide bonds. The van der Waals surface area contributed by atoms with Crippen LogP contribution in [0.4, 0.5) is 5.69 Å². The topological polar surface area (TPSA) is 86.8 Å². The van der Waals surface area contributed by atoms with Crippen LogP contribution in [0.1, 0.15) is 30.5 Å². The molecule has 0 bridgehead atoms. The van der Waals surface area contributed by atoms with Crippen LogP contribution in [0.25, 0.3) is 0 Å². The lowest BCUT2D eigenvalue weighted by Gasteiger charge is -2.34. The molecule has 0 aliphatic heterocycles. The van der Waals surface area contributed by atoms with Crippen molar-refractivity contribution >= 4 is 62.3 Å². The average molecular weight is 701 g/mol. The van der Waals surface area contributed by atoms with Crippen molar-refractivity contribution < 1.29 is 18.0 Å². The minimum atomic E-state index is -4.32. The van der Waals surface area contributed by atoms with E-state index in [4.69, 9.17) is 34.8 Å². The molecule has 0 aliphatic rings. The highest BCUT2D eigenvalue weighted by Gasteiger charge is 2.35. The minimum Gasteiger partial charge on any atom is -0.354 e. The molecule has 0 unspecified atom stereocenters. The fraction of sp³-hybridized carbons (Fsp3) is 0.257. The van der Waals surface area contributed by atoms with Gasteiger partial charge in [0.15, 0.2) is 0 Å². The summed E-state index contributed by atoms with van der Waals surface area (Å²) in [7, 11) is -4.32. The number of sulfonamides is 1. The molecule has 7 nitrogen and oxygen atoms in total. The number of hydrogen-bond donors (Lipinski definition) is 1. The van der Waals surface area contributed by atoms with Crippen LogP contribution in [0, 0.1) is 12.8 Å². The number of aryl methyl sites for hydroxylation is 1. The number of amides is 2. The van der Waals surface area contributed by atoms with Crippen molar-refractivity contribution in [3.05, 3.63) is 129 Å². The first-order valence-electron chi connectivity index (χ1n) is 14.7. The summed E-state index contributed by atoms with van der Waals surface area (Å²) in [6.07, 6.45) is 0.194. The van der Waals surface area contributed by atoms with Crippen LogP contribution in [0.5, 0.6) is 0 Å². The van der Waals surface area contributed by atoms with Crippen molar-refractivity contribution in [3.63, 3.8) is 0 Å². The molecule has 0 heterocycles. The summed E-state index contributed by atoms with van der Waals surface area (Å²) in [5.41, 5.74) is 2.41. The van der Waals surface area contributed by atoms with Crippen molar-refractivity contribution in [2.45, 2.75) is 44.7 Å². The third-order valence-corrected chi connectivity index (χ3v) is 9.83. The van der Waals surface area contributed by atoms with Gasteiger partial charge in [-0.2, -0.15) is 0 Å². The molecule has 11 heteroatoms. The zero-order valence-electron chi connectivity index (χ0n) is 25.8. The number of anilines is 1. The van der Waals surface area contributed by atoms with Crippen LogP contribution >= 0.6 is 34.8 Å². The number of nitrogens with one attached hydrogen (secondary N) is 1. The van der Waals surface area contributed by atoms with Gasteiger partial charge in [0.1, 0.15) is 12.6 Å². The standard InChI is InChI=1S/C35H36Cl3N3O4S/c1-24(2)21-39-35(43)33(19-26-8-5-4-6-9-26)40(22-27-10-7-11-28(36)18-27)34(42)23-41(32-20-29(37)14-17-31(32)38)46(44,45)30-15-12-25(3)13-16-30/h4-18,20,24,33H,19,21-23H2,1-3H3,(H,39,43)/t33-/m1/s1. The molecule has 4 rings (SSSR count). The van der Waals surface area contributed by atoms with E-state index in [9.17, 15) is 18.0 Å². The third-order valence-electron chi connectivity index (χ3n) is 7.26. The van der Waals surface area contributed by atoms with Crippen LogP contribution < -0.4 is 9.62 Å². The quantitative estimate of drug-likeness (QED) is 0.156. The van der Waals surface area contributed by atoms with Crippen molar-refractivity contribution in [1.29, 1.82) is 0 Å². The Bertz CT molecular complexity index is 1770. The number of nitrogens with zero attached hydrogens (tertiary/aromatic N) is 2. The van der Waals surface area contributed by atoms with Gasteiger partial charge in [-0.25, -0.2) is 8.42 Å². The molecule has 4 aromatic rings. The SMILES string of the molecule is Cc1ccc(S(=O)(=O)N(CC(=O)N(Cc2cccc(Cl)c2)[C@H](Cc2ccccc2)C(=O)NCC(C)C)c2cc(Cl)ccc2Cl)cc1. The number of carbonyl (C=O) groups is 2. The molecule has 0 aliphatic carbocycles. The number of rotatable bonds is 13. The van der Waals surface area contributed by atoms with Gasteiger partial charge in [0.2, 0.25) is 11.8 Å². The Morgan fingerprint density at radius 1 is 0.804 bits per heavy atom. The summed E-state index contributed by atoms with van der Waals surface area (Å²) in [6.45, 7) is 5.53. The maximum atomic E-state index is 14.5. The molecule has 0 fully saturated rings. The third kappa shape index (κ3) is 9.26. The van der Waals surface area contributed by atoms with Crippen molar-refractivity contribution in [2.24, 2.45) is 5.92 Å². The van der Waals surface area contributed by atoms with Crippen LogP contribution in [-0.4, -0.2) is 44.3 Å². The van der Waals surface area contributed by atoms with E-state index in [-0.39, 0.29) is 45.4 Å². The Morgan fingerprint density at radius 3 is 2.11 bits per heavy atom. The highest BCUT2D eigenvalue weighted by Crippen LogP contribution is 2.33. The molecule has 0 saturated heterocycles. The van der Waals surface area contributed by atoms with Crippen LogP contribution in [-0.2, 0) is 32.6 Å². The lowest BCUT2D eigenvalue weighted by atomic mass is 10.0. The summed E-state index contributed by atoms with van der Waals surface area (Å²) >= 11 is 19.1. The van der Waals surface area contributed by atoms with Gasteiger partial charge in [-0.05, 0) is 66.4 Å². The Labute approximate surface area is 286 Å². The van der Waals surface area contributed by atoms with E-state index in [0.717, 1.165) is 15.4 Å². The molecular weight excluding hydrogens is 665 g/mol. The minimum absolute atomic E-state index is 0.00626. The van der Waals surface area contributed by atoms with Gasteiger partial charge in [0.05, 0.1) is 15.6 Å². The summed E-state index contributed by atoms with van der Waals surface area (Å²) < 4.78 is 29.3. The molecule has 4 aromatic carbocycles. The smallest absolute Gasteiger partial charge is 0.264 e. The second kappa shape index (κ2) is 15.8. The Morgan fingerprint density at radius 2 is 1.46 bits per heavy atom. The largest absolute Gasteiger partial charge is 0.354 e. The van der Waals surface area contributed by atoms with Gasteiger partial charge in [0.25, 0.3) is 10.0 Å². The number of hydrogen-bond acceptors (Lipinski definition) is 4. The van der Waals surface area contributed by atoms with E-state index in [1.165, 1.54) is 35.2 Å². The average Bonchev–Trinajstić information content (AvgIpc) is 3.02. The fourth-order valence-electron chi connectivity index (χ4n) is 4.84. The van der Waals surface area contributed by atoms with Gasteiger partial charge in [0, 0.05) is 29.6 Å². The number of carbonyl (C=O) groups excluding carboxylic acids is 2. The molecule has 0 saturated carbocycles. The van der Waals surface area contributed by atoms with Crippen LogP contribution in [0.3, 0.4) is 0 Å². The van der Waals surface area contributed by atoms with Gasteiger partial charge in [-0.15, -0.1) is 0 Å². The summed E-state index contributed by atoms with van der Waals surface area (Å²) in [4.78, 5) is 29.8. The summed E-state index contributed by atoms with van der Waals surface area (Å²) in [6, 6.07) is 26.1. The first-order chi connectivity index (χ1) is 21.8. The van der Waals surface area contributed by atoms with Crippen molar-refractivity contribution in [2.75, 3.05) is 17.4 Å². The van der Waals surface area contributed by atoms with E-state index < -0.39 is 28.5 Å².